The number of nitrogens with zero attached hydrogens (tertiary/aromatic N) is 1. The molecule has 3 rings (SSSR count). The Bertz CT molecular complexity index is 935. The Morgan fingerprint density at radius 1 is 1.22 bits per heavy atom. The van der Waals surface area contributed by atoms with Crippen molar-refractivity contribution in [2.45, 2.75) is 13.0 Å². The quantitative estimate of drug-likeness (QED) is 0.546. The first-order valence-corrected chi connectivity index (χ1v) is 9.50. The number of nitrogens with one attached hydrogen (secondary N) is 1. The first-order valence-electron chi connectivity index (χ1n) is 7.83. The van der Waals surface area contributed by atoms with Crippen molar-refractivity contribution in [2.75, 3.05) is 12.4 Å². The van der Waals surface area contributed by atoms with E-state index < -0.39 is 5.91 Å². The van der Waals surface area contributed by atoms with Crippen molar-refractivity contribution < 1.29 is 23.5 Å². The molecule has 3 aromatic rings. The van der Waals surface area contributed by atoms with E-state index in [-0.39, 0.29) is 24.8 Å². The molecule has 27 heavy (non-hydrogen) atoms. The van der Waals surface area contributed by atoms with E-state index in [2.05, 4.69) is 31.0 Å². The van der Waals surface area contributed by atoms with Gasteiger partial charge in [0, 0.05) is 9.85 Å². The highest BCUT2D eigenvalue weighted by molar-refractivity contribution is 9.10. The van der Waals surface area contributed by atoms with Crippen LogP contribution in [0.25, 0.3) is 0 Å². The van der Waals surface area contributed by atoms with Crippen LogP contribution >= 0.6 is 27.3 Å². The van der Waals surface area contributed by atoms with E-state index in [1.54, 1.807) is 17.5 Å². The van der Waals surface area contributed by atoms with Gasteiger partial charge in [0.05, 0.1) is 19.2 Å². The molecule has 9 heteroatoms. The second-order valence-corrected chi connectivity index (χ2v) is 7.13. The fourth-order valence-corrected chi connectivity index (χ4v) is 3.06. The molecule has 7 nitrogen and oxygen atoms in total. The zero-order valence-corrected chi connectivity index (χ0v) is 16.6. The van der Waals surface area contributed by atoms with Gasteiger partial charge in [-0.3, -0.25) is 14.9 Å². The van der Waals surface area contributed by atoms with E-state index in [1.165, 1.54) is 18.4 Å². The molecule has 2 aromatic heterocycles. The molecule has 1 N–H and O–H groups in total. The number of benzene rings is 1. The third-order valence-electron chi connectivity index (χ3n) is 3.41. The van der Waals surface area contributed by atoms with Crippen molar-refractivity contribution in [3.8, 4) is 5.75 Å². The molecule has 0 unspecified atom stereocenters. The topological polar surface area (TPSA) is 90.7 Å². The van der Waals surface area contributed by atoms with Gasteiger partial charge in [-0.25, -0.2) is 4.98 Å². The van der Waals surface area contributed by atoms with Crippen LogP contribution in [0.3, 0.4) is 0 Å². The smallest absolute Gasteiger partial charge is 0.311 e. The summed E-state index contributed by atoms with van der Waals surface area (Å²) >= 11 is 4.58. The maximum Gasteiger partial charge on any atom is 0.311 e. The third-order valence-corrected chi connectivity index (χ3v) is 4.74. The molecule has 1 amide bonds. The van der Waals surface area contributed by atoms with Crippen molar-refractivity contribution in [1.82, 2.24) is 4.98 Å². The fraction of sp³-hybridized carbons (Fsp3) is 0.167. The summed E-state index contributed by atoms with van der Waals surface area (Å²) in [5.74, 6) is 0.549. The van der Waals surface area contributed by atoms with Gasteiger partial charge in [-0.05, 0) is 36.4 Å². The number of carbonyl (C=O) groups excluding carboxylic acids is 2. The number of hydrogen-bond donors (Lipinski definition) is 1. The second kappa shape index (κ2) is 8.83. The van der Waals surface area contributed by atoms with Crippen LogP contribution < -0.4 is 10.1 Å². The van der Waals surface area contributed by atoms with Gasteiger partial charge in [0.1, 0.15) is 18.1 Å². The molecule has 0 bridgehead atoms. The van der Waals surface area contributed by atoms with Gasteiger partial charge in [0.2, 0.25) is 0 Å². The normalized spacial score (nSPS) is 10.4. The van der Waals surface area contributed by atoms with Crippen LogP contribution in [-0.4, -0.2) is 24.0 Å². The van der Waals surface area contributed by atoms with Crippen LogP contribution in [0.15, 0.2) is 50.7 Å². The molecule has 2 heterocycles. The summed E-state index contributed by atoms with van der Waals surface area (Å²) < 4.78 is 16.7. The molecule has 0 atom stereocenters. The minimum absolute atomic E-state index is 0.0567. The summed E-state index contributed by atoms with van der Waals surface area (Å²) in [7, 11) is 1.31. The number of aromatic nitrogens is 1. The Hall–Kier alpha value is -2.65. The van der Waals surface area contributed by atoms with E-state index in [4.69, 9.17) is 9.15 Å². The van der Waals surface area contributed by atoms with Gasteiger partial charge in [-0.2, -0.15) is 0 Å². The second-order valence-electron chi connectivity index (χ2n) is 5.36. The predicted molar refractivity (Wildman–Crippen MR) is 103 cm³/mol. The standard InChI is InChI=1S/C18H15BrN2O5S/c1-24-16(22)8-12-10-27-18(20-12)21-17(23)15-7-6-14(26-15)9-25-13-4-2-11(19)3-5-13/h2-7,10H,8-9H2,1H3,(H,20,21,23). The molecule has 0 aliphatic rings. The molecule has 0 saturated heterocycles. The fourth-order valence-electron chi connectivity index (χ4n) is 2.09. The number of carbonyl (C=O) groups is 2. The number of thiazole rings is 1. The van der Waals surface area contributed by atoms with E-state index in [1.807, 2.05) is 24.3 Å². The molecular formula is C18H15BrN2O5S. The van der Waals surface area contributed by atoms with E-state index >= 15 is 0 Å². The van der Waals surface area contributed by atoms with Crippen molar-refractivity contribution in [2.24, 2.45) is 0 Å². The number of anilines is 1. The van der Waals surface area contributed by atoms with Crippen LogP contribution in [0, 0.1) is 0 Å². The number of furan rings is 1. The highest BCUT2D eigenvalue weighted by Crippen LogP contribution is 2.20. The largest absolute Gasteiger partial charge is 0.486 e. The summed E-state index contributed by atoms with van der Waals surface area (Å²) in [5.41, 5.74) is 0.533. The van der Waals surface area contributed by atoms with Gasteiger partial charge in [-0.15, -0.1) is 11.3 Å². The Labute approximate surface area is 167 Å². The SMILES string of the molecule is COC(=O)Cc1csc(NC(=O)c2ccc(COc3ccc(Br)cc3)o2)n1. The molecule has 140 valence electrons. The van der Waals surface area contributed by atoms with Gasteiger partial charge in [0.25, 0.3) is 5.91 Å². The minimum Gasteiger partial charge on any atom is -0.486 e. The molecule has 0 radical (unpaired) electrons. The number of methoxy groups -OCH3 is 1. The number of hydrogen-bond acceptors (Lipinski definition) is 7. The van der Waals surface area contributed by atoms with E-state index in [0.717, 1.165) is 4.47 Å². The van der Waals surface area contributed by atoms with Crippen LogP contribution in [0.4, 0.5) is 5.13 Å². The molecule has 0 spiro atoms. The van der Waals surface area contributed by atoms with Crippen molar-refractivity contribution in [3.05, 3.63) is 63.5 Å². The maximum absolute atomic E-state index is 12.3. The predicted octanol–water partition coefficient (Wildman–Crippen LogP) is 4.05. The van der Waals surface area contributed by atoms with Crippen molar-refractivity contribution >= 4 is 44.3 Å². The number of amides is 1. The first-order chi connectivity index (χ1) is 13.0. The lowest BCUT2D eigenvalue weighted by atomic mass is 10.3. The highest BCUT2D eigenvalue weighted by Gasteiger charge is 2.15. The van der Waals surface area contributed by atoms with Crippen LogP contribution in [0.1, 0.15) is 22.0 Å². The van der Waals surface area contributed by atoms with Crippen LogP contribution in [0.2, 0.25) is 0 Å². The zero-order valence-electron chi connectivity index (χ0n) is 14.2. The summed E-state index contributed by atoms with van der Waals surface area (Å²) in [4.78, 5) is 27.7. The van der Waals surface area contributed by atoms with Gasteiger partial charge in [0.15, 0.2) is 10.9 Å². The average Bonchev–Trinajstić information content (AvgIpc) is 3.31. The monoisotopic (exact) mass is 450 g/mol. The Balaban J connectivity index is 1.55. The molecule has 0 fully saturated rings. The molecule has 0 aliphatic heterocycles. The lowest BCUT2D eigenvalue weighted by Gasteiger charge is -2.04. The van der Waals surface area contributed by atoms with E-state index in [9.17, 15) is 9.59 Å². The first kappa shape index (κ1) is 19.1. The molecular weight excluding hydrogens is 436 g/mol. The number of ether oxygens (including phenoxy) is 2. The van der Waals surface area contributed by atoms with Crippen LogP contribution in [-0.2, 0) is 22.6 Å². The number of halogens is 1. The van der Waals surface area contributed by atoms with Crippen molar-refractivity contribution in [1.29, 1.82) is 0 Å². The van der Waals surface area contributed by atoms with Crippen LogP contribution in [0.5, 0.6) is 5.75 Å². The van der Waals surface area contributed by atoms with Gasteiger partial charge < -0.3 is 13.9 Å². The summed E-state index contributed by atoms with van der Waals surface area (Å²) in [6, 6.07) is 10.7. The highest BCUT2D eigenvalue weighted by atomic mass is 79.9. The molecule has 1 aromatic carbocycles. The summed E-state index contributed by atoms with van der Waals surface area (Å²) in [5, 5.41) is 4.70. The molecule has 0 aliphatic carbocycles. The lowest BCUT2D eigenvalue weighted by molar-refractivity contribution is -0.139. The number of rotatable bonds is 7. The van der Waals surface area contributed by atoms with Gasteiger partial charge >= 0.3 is 5.97 Å². The van der Waals surface area contributed by atoms with Gasteiger partial charge in [-0.1, -0.05) is 15.9 Å². The average molecular weight is 451 g/mol. The minimum atomic E-state index is -0.427. The molecule has 0 saturated carbocycles. The summed E-state index contributed by atoms with van der Waals surface area (Å²) in [6.45, 7) is 0.204. The Morgan fingerprint density at radius 3 is 2.74 bits per heavy atom. The Kier molecular flexibility index (Phi) is 6.25. The Morgan fingerprint density at radius 2 is 2.00 bits per heavy atom. The lowest BCUT2D eigenvalue weighted by Crippen LogP contribution is -2.11. The summed E-state index contributed by atoms with van der Waals surface area (Å²) in [6.07, 6.45) is 0.0567. The zero-order chi connectivity index (χ0) is 19.2. The maximum atomic E-state index is 12.3. The van der Waals surface area contributed by atoms with E-state index in [0.29, 0.717) is 22.3 Å². The van der Waals surface area contributed by atoms with Crippen molar-refractivity contribution in [3.63, 3.8) is 0 Å². The number of esters is 1. The third kappa shape index (κ3) is 5.41.